The van der Waals surface area contributed by atoms with Crippen molar-refractivity contribution in [1.29, 1.82) is 0 Å². The first kappa shape index (κ1) is 26.0. The Morgan fingerprint density at radius 3 is 2.64 bits per heavy atom. The SMILES string of the molecule is CCCCCOc1ccc(/C(O)=C2\C(=O)C(=O)N(c3nc4ccc([N+](=O)[O-])cc4s3)C2c2cccnc2)cc1. The number of anilines is 1. The summed E-state index contributed by atoms with van der Waals surface area (Å²) >= 11 is 1.05. The fraction of sp³-hybridized carbons (Fsp3) is 0.214. The van der Waals surface area contributed by atoms with Crippen LogP contribution in [0.3, 0.4) is 0 Å². The first-order valence-corrected chi connectivity index (χ1v) is 13.2. The number of ether oxygens (including phenoxy) is 1. The van der Waals surface area contributed by atoms with E-state index in [1.165, 1.54) is 29.3 Å². The zero-order chi connectivity index (χ0) is 27.5. The second-order valence-corrected chi connectivity index (χ2v) is 9.95. The van der Waals surface area contributed by atoms with E-state index in [1.807, 2.05) is 0 Å². The van der Waals surface area contributed by atoms with Gasteiger partial charge in [0.25, 0.3) is 11.5 Å². The van der Waals surface area contributed by atoms with Gasteiger partial charge in [-0.1, -0.05) is 37.2 Å². The third kappa shape index (κ3) is 5.08. The zero-order valence-corrected chi connectivity index (χ0v) is 21.8. The van der Waals surface area contributed by atoms with Crippen molar-refractivity contribution in [3.05, 3.63) is 93.8 Å². The molecule has 0 radical (unpaired) electrons. The van der Waals surface area contributed by atoms with Crippen LogP contribution < -0.4 is 9.64 Å². The van der Waals surface area contributed by atoms with Crippen LogP contribution >= 0.6 is 11.3 Å². The van der Waals surface area contributed by atoms with E-state index in [-0.39, 0.29) is 22.2 Å². The Morgan fingerprint density at radius 1 is 1.15 bits per heavy atom. The monoisotopic (exact) mass is 544 g/mol. The largest absolute Gasteiger partial charge is 0.507 e. The molecule has 1 aliphatic rings. The van der Waals surface area contributed by atoms with Gasteiger partial charge in [-0.25, -0.2) is 4.98 Å². The van der Waals surface area contributed by atoms with Crippen LogP contribution in [0.4, 0.5) is 10.8 Å². The highest BCUT2D eigenvalue weighted by molar-refractivity contribution is 7.22. The minimum atomic E-state index is -1.00. The van der Waals surface area contributed by atoms with Gasteiger partial charge in [0.2, 0.25) is 0 Å². The maximum absolute atomic E-state index is 13.4. The van der Waals surface area contributed by atoms with Crippen molar-refractivity contribution in [2.75, 3.05) is 11.5 Å². The lowest BCUT2D eigenvalue weighted by molar-refractivity contribution is -0.384. The normalized spacial score (nSPS) is 16.6. The second kappa shape index (κ2) is 11.0. The molecular formula is C28H24N4O6S. The van der Waals surface area contributed by atoms with E-state index in [4.69, 9.17) is 4.74 Å². The first-order valence-electron chi connectivity index (χ1n) is 12.4. The number of amides is 1. The number of nitrogens with zero attached hydrogens (tertiary/aromatic N) is 4. The van der Waals surface area contributed by atoms with Gasteiger partial charge >= 0.3 is 5.91 Å². The number of benzene rings is 2. The minimum absolute atomic E-state index is 0.102. The molecule has 5 rings (SSSR count). The number of aliphatic hydroxyl groups is 1. The topological polar surface area (TPSA) is 136 Å². The molecule has 198 valence electrons. The minimum Gasteiger partial charge on any atom is -0.507 e. The summed E-state index contributed by atoms with van der Waals surface area (Å²) in [4.78, 5) is 47.3. The van der Waals surface area contributed by atoms with E-state index < -0.39 is 22.7 Å². The molecule has 1 saturated heterocycles. The van der Waals surface area contributed by atoms with Gasteiger partial charge in [-0.05, 0) is 48.4 Å². The third-order valence-corrected chi connectivity index (χ3v) is 7.38. The molecule has 1 amide bonds. The lowest BCUT2D eigenvalue weighted by atomic mass is 9.96. The van der Waals surface area contributed by atoms with Crippen LogP contribution in [0.15, 0.2) is 72.6 Å². The van der Waals surface area contributed by atoms with E-state index in [1.54, 1.807) is 42.6 Å². The lowest BCUT2D eigenvalue weighted by Gasteiger charge is -2.22. The van der Waals surface area contributed by atoms with Crippen LogP contribution in [0.25, 0.3) is 16.0 Å². The molecule has 1 N–H and O–H groups in total. The van der Waals surface area contributed by atoms with Crippen LogP contribution in [-0.4, -0.2) is 38.3 Å². The van der Waals surface area contributed by atoms with Crippen LogP contribution in [0.5, 0.6) is 5.75 Å². The van der Waals surface area contributed by atoms with E-state index in [0.29, 0.717) is 33.7 Å². The molecular weight excluding hydrogens is 520 g/mol. The number of aliphatic hydroxyl groups excluding tert-OH is 1. The highest BCUT2D eigenvalue weighted by Crippen LogP contribution is 2.44. The van der Waals surface area contributed by atoms with Crippen LogP contribution in [-0.2, 0) is 9.59 Å². The Bertz CT molecular complexity index is 1580. The Morgan fingerprint density at radius 2 is 1.95 bits per heavy atom. The number of fused-ring (bicyclic) bond motifs is 1. The van der Waals surface area contributed by atoms with Crippen molar-refractivity contribution < 1.29 is 24.4 Å². The van der Waals surface area contributed by atoms with Crippen molar-refractivity contribution in [1.82, 2.24) is 9.97 Å². The van der Waals surface area contributed by atoms with Crippen molar-refractivity contribution >= 4 is 49.8 Å². The number of rotatable bonds is 9. The lowest BCUT2D eigenvalue weighted by Crippen LogP contribution is -2.29. The molecule has 11 heteroatoms. The van der Waals surface area contributed by atoms with Gasteiger partial charge in [-0.15, -0.1) is 0 Å². The zero-order valence-electron chi connectivity index (χ0n) is 20.9. The number of carbonyl (C=O) groups is 2. The van der Waals surface area contributed by atoms with Gasteiger partial charge < -0.3 is 9.84 Å². The summed E-state index contributed by atoms with van der Waals surface area (Å²) in [7, 11) is 0. The number of carbonyl (C=O) groups excluding carboxylic acids is 2. The number of unbranched alkanes of at least 4 members (excludes halogenated alkanes) is 2. The van der Waals surface area contributed by atoms with Crippen LogP contribution in [0, 0.1) is 10.1 Å². The highest BCUT2D eigenvalue weighted by Gasteiger charge is 2.48. The molecule has 3 heterocycles. The van der Waals surface area contributed by atoms with Crippen molar-refractivity contribution in [3.8, 4) is 5.75 Å². The highest BCUT2D eigenvalue weighted by atomic mass is 32.1. The van der Waals surface area contributed by atoms with Gasteiger partial charge in [0, 0.05) is 30.1 Å². The summed E-state index contributed by atoms with van der Waals surface area (Å²) in [5.74, 6) is -1.43. The smallest absolute Gasteiger partial charge is 0.301 e. The summed E-state index contributed by atoms with van der Waals surface area (Å²) in [6.07, 6.45) is 6.17. The average Bonchev–Trinajstić information content (AvgIpc) is 3.49. The van der Waals surface area contributed by atoms with Crippen molar-refractivity contribution in [3.63, 3.8) is 0 Å². The fourth-order valence-electron chi connectivity index (χ4n) is 4.41. The predicted molar refractivity (Wildman–Crippen MR) is 147 cm³/mol. The molecule has 1 aliphatic heterocycles. The maximum Gasteiger partial charge on any atom is 0.301 e. The number of ketones is 1. The molecule has 2 aromatic heterocycles. The number of non-ortho nitro benzene ring substituents is 1. The number of nitro groups is 1. The molecule has 2 aromatic carbocycles. The van der Waals surface area contributed by atoms with Crippen LogP contribution in [0.1, 0.15) is 43.4 Å². The number of nitro benzene ring substituents is 1. The summed E-state index contributed by atoms with van der Waals surface area (Å²) in [6, 6.07) is 13.2. The molecule has 1 fully saturated rings. The predicted octanol–water partition coefficient (Wildman–Crippen LogP) is 5.79. The van der Waals surface area contributed by atoms with E-state index in [0.717, 1.165) is 30.6 Å². The number of aromatic nitrogens is 2. The Kier molecular flexibility index (Phi) is 7.33. The van der Waals surface area contributed by atoms with Gasteiger partial charge in [-0.2, -0.15) is 0 Å². The van der Waals surface area contributed by atoms with Crippen molar-refractivity contribution in [2.24, 2.45) is 0 Å². The molecule has 0 saturated carbocycles. The Hall–Kier alpha value is -4.64. The first-order chi connectivity index (χ1) is 18.9. The molecule has 1 atom stereocenters. The summed E-state index contributed by atoms with van der Waals surface area (Å²) in [5, 5.41) is 22.7. The maximum atomic E-state index is 13.4. The Balaban J connectivity index is 1.56. The standard InChI is InChI=1S/C28H24N4O6S/c1-2-3-4-14-38-20-10-7-17(8-11-20)25(33)23-24(18-6-5-13-29-16-18)31(27(35)26(23)34)28-30-21-12-9-19(32(36)37)15-22(21)39-28/h5-13,15-16,24,33H,2-4,14H2,1H3/b25-23+. The summed E-state index contributed by atoms with van der Waals surface area (Å²) < 4.78 is 6.23. The Labute approximate surface area is 227 Å². The quantitative estimate of drug-likeness (QED) is 0.0698. The number of Topliss-reactive ketones (excluding diaryl/α,β-unsaturated/α-hetero) is 1. The number of hydrogen-bond donors (Lipinski definition) is 1. The van der Waals surface area contributed by atoms with Gasteiger partial charge in [0.1, 0.15) is 11.5 Å². The van der Waals surface area contributed by atoms with Crippen LogP contribution in [0.2, 0.25) is 0 Å². The molecule has 10 nitrogen and oxygen atoms in total. The second-order valence-electron chi connectivity index (χ2n) is 8.94. The van der Waals surface area contributed by atoms with Gasteiger partial charge in [0.05, 0.1) is 33.4 Å². The number of hydrogen-bond acceptors (Lipinski definition) is 9. The number of pyridine rings is 1. The molecule has 0 aliphatic carbocycles. The molecule has 4 aromatic rings. The molecule has 0 spiro atoms. The van der Waals surface area contributed by atoms with Gasteiger partial charge in [-0.3, -0.25) is 29.6 Å². The molecule has 1 unspecified atom stereocenters. The molecule has 39 heavy (non-hydrogen) atoms. The van der Waals surface area contributed by atoms with E-state index in [2.05, 4.69) is 16.9 Å². The fourth-order valence-corrected chi connectivity index (χ4v) is 5.43. The third-order valence-electron chi connectivity index (χ3n) is 6.37. The molecule has 0 bridgehead atoms. The summed E-state index contributed by atoms with van der Waals surface area (Å²) in [6.45, 7) is 2.69. The average molecular weight is 545 g/mol. The number of thiazole rings is 1. The van der Waals surface area contributed by atoms with Crippen molar-refractivity contribution in [2.45, 2.75) is 32.2 Å². The van der Waals surface area contributed by atoms with E-state index >= 15 is 0 Å². The van der Waals surface area contributed by atoms with E-state index in [9.17, 15) is 24.8 Å². The summed E-state index contributed by atoms with van der Waals surface area (Å²) in [5.41, 5.74) is 1.08. The van der Waals surface area contributed by atoms with Gasteiger partial charge in [0.15, 0.2) is 5.13 Å².